The Balaban J connectivity index is 4.46. The van der Waals surface area contributed by atoms with Crippen molar-refractivity contribution in [2.24, 2.45) is 0 Å². The maximum atomic E-state index is 9.66. The van der Waals surface area contributed by atoms with Crippen LogP contribution in [0.5, 0.6) is 0 Å². The Hall–Kier alpha value is -0.0231. The van der Waals surface area contributed by atoms with Gasteiger partial charge in [0.25, 0.3) is 0 Å². The highest BCUT2D eigenvalue weighted by atomic mass is 28.4. The Morgan fingerprint density at radius 2 is 1.44 bits per heavy atom. The molecule has 0 saturated heterocycles. The predicted octanol–water partition coefficient (Wildman–Crippen LogP) is -1.73. The lowest BCUT2D eigenvalue weighted by Crippen LogP contribution is -2.50. The van der Waals surface area contributed by atoms with Crippen molar-refractivity contribution in [3.63, 3.8) is 0 Å². The number of hydrogen-bond donors (Lipinski definition) is 5. The van der Waals surface area contributed by atoms with Gasteiger partial charge in [-0.2, -0.15) is 0 Å². The van der Waals surface area contributed by atoms with Crippen molar-refractivity contribution in [3.8, 4) is 0 Å². The van der Waals surface area contributed by atoms with Crippen molar-refractivity contribution in [3.05, 3.63) is 0 Å². The second kappa shape index (κ2) is 6.65. The molecule has 0 amide bonds. The van der Waals surface area contributed by atoms with Crippen molar-refractivity contribution < 1.29 is 30.0 Å². The third-order valence-corrected chi connectivity index (χ3v) is 3.01. The Labute approximate surface area is 96.2 Å². The molecule has 4 atom stereocenters. The zero-order chi connectivity index (χ0) is 12.9. The normalized spacial score (nSPS) is 20.2. The zero-order valence-electron chi connectivity index (χ0n) is 9.87. The molecule has 6 nitrogen and oxygen atoms in total. The first-order valence-electron chi connectivity index (χ1n) is 5.16. The highest BCUT2D eigenvalue weighted by Crippen LogP contribution is 2.14. The summed E-state index contributed by atoms with van der Waals surface area (Å²) in [6.45, 7) is 4.50. The molecule has 0 aromatic rings. The monoisotopic (exact) mass is 254 g/mol. The van der Waals surface area contributed by atoms with Gasteiger partial charge in [-0.15, -0.1) is 0 Å². The SMILES string of the molecule is C[Si](C)(C)O[C@@H](CO)[C@@H](O)[C@H](O)[C@H](O)CO. The van der Waals surface area contributed by atoms with E-state index in [1.165, 1.54) is 0 Å². The second-order valence-corrected chi connectivity index (χ2v) is 9.14. The van der Waals surface area contributed by atoms with Crippen molar-refractivity contribution in [1.29, 1.82) is 0 Å². The fourth-order valence-electron chi connectivity index (χ4n) is 1.22. The summed E-state index contributed by atoms with van der Waals surface area (Å²) in [5.41, 5.74) is 0. The van der Waals surface area contributed by atoms with Crippen LogP contribution in [0.4, 0.5) is 0 Å². The van der Waals surface area contributed by atoms with Gasteiger partial charge in [0.15, 0.2) is 8.32 Å². The van der Waals surface area contributed by atoms with Crippen molar-refractivity contribution in [2.45, 2.75) is 44.1 Å². The van der Waals surface area contributed by atoms with E-state index in [2.05, 4.69) is 0 Å². The average molecular weight is 254 g/mol. The van der Waals surface area contributed by atoms with Crippen LogP contribution >= 0.6 is 0 Å². The smallest absolute Gasteiger partial charge is 0.184 e. The molecule has 0 radical (unpaired) electrons. The summed E-state index contributed by atoms with van der Waals surface area (Å²) in [5.74, 6) is 0. The number of aliphatic hydroxyl groups is 5. The highest BCUT2D eigenvalue weighted by molar-refractivity contribution is 6.69. The van der Waals surface area contributed by atoms with Crippen LogP contribution in [-0.4, -0.2) is 71.5 Å². The summed E-state index contributed by atoms with van der Waals surface area (Å²) in [5, 5.41) is 45.9. The van der Waals surface area contributed by atoms with E-state index >= 15 is 0 Å². The van der Waals surface area contributed by atoms with Gasteiger partial charge in [-0.05, 0) is 19.6 Å². The maximum absolute atomic E-state index is 9.66. The molecule has 0 aromatic carbocycles. The third kappa shape index (κ3) is 5.35. The molecule has 0 bridgehead atoms. The fourth-order valence-corrected chi connectivity index (χ4v) is 2.35. The molecule has 7 heteroatoms. The Morgan fingerprint density at radius 3 is 1.75 bits per heavy atom. The summed E-state index contributed by atoms with van der Waals surface area (Å²) in [6.07, 6.45) is -5.38. The Kier molecular flexibility index (Phi) is 6.64. The molecule has 0 rings (SSSR count). The molecule has 0 saturated carbocycles. The molecule has 5 N–H and O–H groups in total. The molecular weight excluding hydrogens is 232 g/mol. The van der Waals surface area contributed by atoms with Crippen LogP contribution in [0.1, 0.15) is 0 Å². The van der Waals surface area contributed by atoms with Crippen LogP contribution in [0, 0.1) is 0 Å². The first kappa shape index (κ1) is 16.0. The molecule has 0 aliphatic carbocycles. The summed E-state index contributed by atoms with van der Waals surface area (Å²) >= 11 is 0. The molecule has 0 aliphatic heterocycles. The fraction of sp³-hybridized carbons (Fsp3) is 1.00. The Morgan fingerprint density at radius 1 is 0.938 bits per heavy atom. The van der Waals surface area contributed by atoms with Gasteiger partial charge in [-0.1, -0.05) is 0 Å². The van der Waals surface area contributed by atoms with Crippen molar-refractivity contribution in [2.75, 3.05) is 13.2 Å². The van der Waals surface area contributed by atoms with Gasteiger partial charge in [0.05, 0.1) is 19.3 Å². The summed E-state index contributed by atoms with van der Waals surface area (Å²) in [7, 11) is -1.97. The molecule has 98 valence electrons. The van der Waals surface area contributed by atoms with E-state index in [9.17, 15) is 10.2 Å². The van der Waals surface area contributed by atoms with E-state index in [0.29, 0.717) is 0 Å². The highest BCUT2D eigenvalue weighted by Gasteiger charge is 2.34. The average Bonchev–Trinajstić information content (AvgIpc) is 2.21. The number of rotatable bonds is 7. The summed E-state index contributed by atoms with van der Waals surface area (Å²) in [6, 6.07) is 0. The van der Waals surface area contributed by atoms with E-state index in [1.54, 1.807) is 0 Å². The van der Waals surface area contributed by atoms with Gasteiger partial charge in [-0.25, -0.2) is 0 Å². The minimum absolute atomic E-state index is 0.458. The molecule has 0 unspecified atom stereocenters. The van der Waals surface area contributed by atoms with Crippen LogP contribution in [-0.2, 0) is 4.43 Å². The van der Waals surface area contributed by atoms with Crippen molar-refractivity contribution in [1.82, 2.24) is 0 Å². The molecule has 16 heavy (non-hydrogen) atoms. The van der Waals surface area contributed by atoms with Crippen molar-refractivity contribution >= 4 is 8.32 Å². The first-order valence-corrected chi connectivity index (χ1v) is 8.57. The summed E-state index contributed by atoms with van der Waals surface area (Å²) < 4.78 is 5.45. The minimum Gasteiger partial charge on any atom is -0.410 e. The van der Waals surface area contributed by atoms with E-state index < -0.39 is 45.9 Å². The zero-order valence-corrected chi connectivity index (χ0v) is 10.9. The number of aliphatic hydroxyl groups excluding tert-OH is 5. The molecule has 0 spiro atoms. The summed E-state index contributed by atoms with van der Waals surface area (Å²) in [4.78, 5) is 0. The third-order valence-electron chi connectivity index (χ3n) is 2.00. The topological polar surface area (TPSA) is 110 Å². The lowest BCUT2D eigenvalue weighted by Gasteiger charge is -2.32. The quantitative estimate of drug-likeness (QED) is 0.345. The molecule has 0 fully saturated rings. The minimum atomic E-state index is -1.97. The second-order valence-electron chi connectivity index (χ2n) is 4.68. The molecular formula is C9H22O6Si. The van der Waals surface area contributed by atoms with Crippen LogP contribution in [0.3, 0.4) is 0 Å². The first-order chi connectivity index (χ1) is 7.22. The van der Waals surface area contributed by atoms with Crippen LogP contribution in [0.25, 0.3) is 0 Å². The van der Waals surface area contributed by atoms with Crippen LogP contribution < -0.4 is 0 Å². The standard InChI is InChI=1S/C9H22O6Si/c1-16(2,3)15-7(5-11)9(14)8(13)6(12)4-10/h6-14H,4-5H2,1-3H3/t6-,7+,8-,9-/m1/s1. The van der Waals surface area contributed by atoms with E-state index in [-0.39, 0.29) is 0 Å². The van der Waals surface area contributed by atoms with E-state index in [1.807, 2.05) is 19.6 Å². The molecule has 0 aliphatic rings. The van der Waals surface area contributed by atoms with Gasteiger partial charge >= 0.3 is 0 Å². The number of hydrogen-bond acceptors (Lipinski definition) is 6. The largest absolute Gasteiger partial charge is 0.410 e. The predicted molar refractivity (Wildman–Crippen MR) is 60.4 cm³/mol. The van der Waals surface area contributed by atoms with Gasteiger partial charge in [0, 0.05) is 0 Å². The lowest BCUT2D eigenvalue weighted by molar-refractivity contribution is -0.118. The molecule has 0 heterocycles. The Bertz CT molecular complexity index is 195. The van der Waals surface area contributed by atoms with E-state index in [4.69, 9.17) is 19.7 Å². The van der Waals surface area contributed by atoms with Gasteiger partial charge in [0.1, 0.15) is 18.3 Å². The van der Waals surface area contributed by atoms with E-state index in [0.717, 1.165) is 0 Å². The maximum Gasteiger partial charge on any atom is 0.184 e. The van der Waals surface area contributed by atoms with Gasteiger partial charge < -0.3 is 30.0 Å². The van der Waals surface area contributed by atoms with Crippen LogP contribution in [0.15, 0.2) is 0 Å². The van der Waals surface area contributed by atoms with Gasteiger partial charge in [0.2, 0.25) is 0 Å². The molecule has 0 aromatic heterocycles. The lowest BCUT2D eigenvalue weighted by atomic mass is 10.0. The van der Waals surface area contributed by atoms with Crippen LogP contribution in [0.2, 0.25) is 19.6 Å². The van der Waals surface area contributed by atoms with Gasteiger partial charge in [-0.3, -0.25) is 0 Å².